The van der Waals surface area contributed by atoms with Crippen LogP contribution >= 0.6 is 0 Å². The smallest absolute Gasteiger partial charge is 0.123 e. The number of hydroxylamine groups is 8. The van der Waals surface area contributed by atoms with Crippen molar-refractivity contribution in [3.63, 3.8) is 0 Å². The van der Waals surface area contributed by atoms with Gasteiger partial charge in [0.15, 0.2) is 0 Å². The molecule has 63 heavy (non-hydrogen) atoms. The molecule has 4 aliphatic rings. The van der Waals surface area contributed by atoms with E-state index in [0.29, 0.717) is 32.1 Å². The normalized spacial score (nSPS) is 36.8. The number of ether oxygens (including phenoxy) is 1. The number of piperidine rings is 4. The van der Waals surface area contributed by atoms with Gasteiger partial charge in [-0.1, -0.05) is 67.5 Å². The molecule has 4 saturated heterocycles. The molecule has 2 aromatic carbocycles. The number of benzene rings is 2. The summed E-state index contributed by atoms with van der Waals surface area (Å²) >= 11 is 0. The summed E-state index contributed by atoms with van der Waals surface area (Å²) in [5, 5.41) is 64.7. The van der Waals surface area contributed by atoms with Gasteiger partial charge in [-0.25, -0.2) is 0 Å². The standard InChI is InChI=1S/C54H88N4O5/c1-33(2)51(17)28-38(25-47(9,10)55(51)59)42-22-21-37-23-45(63-41-31-50(15,16)58(62)54(20,32-41)36(7)8)43(39-26-48(11,12)56(60)52(18,29-39)34(3)4)24-44(37)46(42)40-27-49(13,14)57(61)53(19,30-40)35(5)6/h21-24,33-36,38-41H,25-32H2,1-20H3. The first-order chi connectivity index (χ1) is 28.6. The van der Waals surface area contributed by atoms with Crippen LogP contribution in [0, 0.1) is 23.7 Å². The highest BCUT2D eigenvalue weighted by Crippen LogP contribution is 2.57. The molecule has 9 heteroatoms. The second-order valence-electron chi connectivity index (χ2n) is 26.1. The monoisotopic (exact) mass is 873 g/mol. The number of nitrogens with zero attached hydrogens (tertiary/aromatic N) is 4. The van der Waals surface area contributed by atoms with Gasteiger partial charge in [0.25, 0.3) is 0 Å². The molecule has 0 bridgehead atoms. The minimum absolute atomic E-state index is 0.0327. The Hall–Kier alpha value is -1.82. The lowest BCUT2D eigenvalue weighted by molar-refractivity contribution is -0.311. The quantitative estimate of drug-likeness (QED) is 0.250. The Morgan fingerprint density at radius 1 is 0.444 bits per heavy atom. The number of rotatable bonds is 9. The second kappa shape index (κ2) is 16.5. The largest absolute Gasteiger partial charge is 0.490 e. The van der Waals surface area contributed by atoms with Gasteiger partial charge in [0, 0.05) is 51.6 Å². The van der Waals surface area contributed by atoms with Crippen LogP contribution in [0.2, 0.25) is 0 Å². The van der Waals surface area contributed by atoms with Gasteiger partial charge in [0.1, 0.15) is 11.9 Å². The fourth-order valence-corrected chi connectivity index (χ4v) is 13.5. The van der Waals surface area contributed by atoms with E-state index >= 15 is 0 Å². The lowest BCUT2D eigenvalue weighted by Crippen LogP contribution is -2.63. The van der Waals surface area contributed by atoms with Crippen LogP contribution in [0.25, 0.3) is 10.8 Å². The van der Waals surface area contributed by atoms with Crippen LogP contribution in [0.4, 0.5) is 0 Å². The Morgan fingerprint density at radius 2 is 0.794 bits per heavy atom. The van der Waals surface area contributed by atoms with Crippen molar-refractivity contribution in [1.29, 1.82) is 0 Å². The van der Waals surface area contributed by atoms with Crippen LogP contribution in [-0.2, 0) is 20.8 Å². The van der Waals surface area contributed by atoms with Crippen molar-refractivity contribution in [2.45, 2.75) is 258 Å². The van der Waals surface area contributed by atoms with Crippen LogP contribution in [0.1, 0.15) is 224 Å². The molecular formula is C54H88N4O5. The summed E-state index contributed by atoms with van der Waals surface area (Å²) in [6.45, 7) is 42.7. The van der Waals surface area contributed by atoms with Crippen molar-refractivity contribution in [3.8, 4) is 5.75 Å². The van der Waals surface area contributed by atoms with Crippen molar-refractivity contribution in [3.05, 3.63) is 41.0 Å². The lowest BCUT2D eigenvalue weighted by atomic mass is 9.63. The van der Waals surface area contributed by atoms with Crippen molar-refractivity contribution in [2.24, 2.45) is 23.7 Å². The highest BCUT2D eigenvalue weighted by molar-refractivity contribution is 5.90. The molecule has 8 unspecified atom stereocenters. The van der Waals surface area contributed by atoms with Crippen molar-refractivity contribution < 1.29 is 25.6 Å². The number of hydrogen-bond donors (Lipinski definition) is 0. The van der Waals surface area contributed by atoms with Crippen molar-refractivity contribution >= 4 is 10.8 Å². The average molecular weight is 873 g/mol. The maximum Gasteiger partial charge on any atom is 0.123 e. The minimum Gasteiger partial charge on any atom is -0.490 e. The maximum atomic E-state index is 14.4. The third-order valence-electron chi connectivity index (χ3n) is 18.4. The fourth-order valence-electron chi connectivity index (χ4n) is 13.5. The van der Waals surface area contributed by atoms with Gasteiger partial charge in [-0.3, -0.25) is 0 Å². The van der Waals surface area contributed by atoms with Crippen LogP contribution in [0.3, 0.4) is 0 Å². The molecule has 4 heterocycles. The first kappa shape index (κ1) is 50.6. The number of fused-ring (bicyclic) bond motifs is 1. The van der Waals surface area contributed by atoms with E-state index in [1.807, 2.05) is 13.8 Å². The molecular weight excluding hydrogens is 785 g/mol. The molecule has 0 amide bonds. The maximum absolute atomic E-state index is 14.4. The Morgan fingerprint density at radius 3 is 1.21 bits per heavy atom. The molecule has 4 radical (unpaired) electrons. The number of hydrogen-bond acceptors (Lipinski definition) is 5. The van der Waals surface area contributed by atoms with E-state index in [9.17, 15) is 20.8 Å². The van der Waals surface area contributed by atoms with E-state index in [0.717, 1.165) is 36.0 Å². The molecule has 4 aliphatic heterocycles. The van der Waals surface area contributed by atoms with Crippen LogP contribution < -0.4 is 4.74 Å². The summed E-state index contributed by atoms with van der Waals surface area (Å²) in [7, 11) is 0. The lowest BCUT2D eigenvalue weighted by Gasteiger charge is -2.55. The Labute approximate surface area is 383 Å². The van der Waals surface area contributed by atoms with Crippen LogP contribution in [0.5, 0.6) is 5.75 Å². The molecule has 0 aliphatic carbocycles. The zero-order valence-corrected chi connectivity index (χ0v) is 43.4. The Bertz CT molecular complexity index is 1990. The van der Waals surface area contributed by atoms with E-state index in [1.165, 1.54) is 36.8 Å². The summed E-state index contributed by atoms with van der Waals surface area (Å²) in [6.07, 6.45) is 5.35. The van der Waals surface area contributed by atoms with Crippen molar-refractivity contribution in [1.82, 2.24) is 20.3 Å². The molecule has 9 nitrogen and oxygen atoms in total. The molecule has 2 aromatic rings. The zero-order chi connectivity index (χ0) is 47.6. The van der Waals surface area contributed by atoms with Gasteiger partial charge in [-0.15, -0.1) is 41.1 Å². The first-order valence-electron chi connectivity index (χ1n) is 24.8. The average Bonchev–Trinajstić information content (AvgIpc) is 3.15. The summed E-state index contributed by atoms with van der Waals surface area (Å²) in [5.74, 6) is 1.65. The second-order valence-corrected chi connectivity index (χ2v) is 26.1. The van der Waals surface area contributed by atoms with E-state index < -0.39 is 44.3 Å². The summed E-state index contributed by atoms with van der Waals surface area (Å²) < 4.78 is 7.39. The van der Waals surface area contributed by atoms with Gasteiger partial charge in [0.2, 0.25) is 0 Å². The molecule has 0 saturated carbocycles. The zero-order valence-electron chi connectivity index (χ0n) is 43.4. The molecule has 6 rings (SSSR count). The third-order valence-corrected chi connectivity index (χ3v) is 18.4. The fraction of sp³-hybridized carbons (Fsp3) is 0.815. The summed E-state index contributed by atoms with van der Waals surface area (Å²) in [5.41, 5.74) is -0.976. The molecule has 0 spiro atoms. The van der Waals surface area contributed by atoms with E-state index in [-0.39, 0.29) is 47.5 Å². The van der Waals surface area contributed by atoms with E-state index in [2.05, 4.69) is 149 Å². The minimum atomic E-state index is -0.617. The predicted octanol–water partition coefficient (Wildman–Crippen LogP) is 13.4. The van der Waals surface area contributed by atoms with Gasteiger partial charge >= 0.3 is 0 Å². The predicted molar refractivity (Wildman–Crippen MR) is 253 cm³/mol. The molecule has 8 atom stereocenters. The van der Waals surface area contributed by atoms with Gasteiger partial charge in [-0.2, -0.15) is 0 Å². The highest BCUT2D eigenvalue weighted by atomic mass is 16.5. The summed E-state index contributed by atoms with van der Waals surface area (Å²) in [4.78, 5) is 0. The Balaban J connectivity index is 1.65. The molecule has 0 N–H and O–H groups in total. The molecule has 354 valence electrons. The van der Waals surface area contributed by atoms with Crippen LogP contribution in [-0.4, -0.2) is 70.7 Å². The molecule has 0 aromatic heterocycles. The van der Waals surface area contributed by atoms with Gasteiger partial charge in [-0.05, 0) is 203 Å². The highest BCUT2D eigenvalue weighted by Gasteiger charge is 2.56. The van der Waals surface area contributed by atoms with E-state index in [4.69, 9.17) is 4.74 Å². The van der Waals surface area contributed by atoms with E-state index in [1.54, 1.807) is 0 Å². The van der Waals surface area contributed by atoms with Crippen molar-refractivity contribution in [2.75, 3.05) is 0 Å². The summed E-state index contributed by atoms with van der Waals surface area (Å²) in [6, 6.07) is 9.37. The van der Waals surface area contributed by atoms with Gasteiger partial charge < -0.3 is 4.74 Å². The van der Waals surface area contributed by atoms with Crippen LogP contribution in [0.15, 0.2) is 24.3 Å². The van der Waals surface area contributed by atoms with Gasteiger partial charge in [0.05, 0.1) is 5.54 Å². The SMILES string of the molecule is CC(C)C1(C)CC(Oc2cc3ccc(C4CC(C)(C)N([O])C(C)(C(C)C)C4)c(C4CC(C)(C)N([O])C(C)(C(C)C)C4)c3cc2C2CC(C)(C)N([O])C(C)(C(C)C)C2)CC(C)(C)N1[O]. The molecule has 4 fully saturated rings. The third kappa shape index (κ3) is 8.46. The Kier molecular flexibility index (Phi) is 13.2. The topological polar surface area (TPSA) is 102 Å². The first-order valence-corrected chi connectivity index (χ1v) is 24.8.